The van der Waals surface area contributed by atoms with Gasteiger partial charge in [0.1, 0.15) is 16.8 Å². The van der Waals surface area contributed by atoms with Crippen LogP contribution >= 0.6 is 15.9 Å². The predicted octanol–water partition coefficient (Wildman–Crippen LogP) is 4.01. The maximum Gasteiger partial charge on any atom is 0.404 e. The van der Waals surface area contributed by atoms with Gasteiger partial charge in [-0.1, -0.05) is 36.4 Å². The number of nitrogens with one attached hydrogen (secondary N) is 1. The molecule has 3 aromatic rings. The van der Waals surface area contributed by atoms with E-state index in [4.69, 9.17) is 4.42 Å². The van der Waals surface area contributed by atoms with Crippen molar-refractivity contribution in [2.24, 2.45) is 5.10 Å². The molecule has 3 rings (SSSR count). The highest BCUT2D eigenvalue weighted by Gasteiger charge is 2.19. The van der Waals surface area contributed by atoms with Crippen LogP contribution in [0.2, 0.25) is 0 Å². The van der Waals surface area contributed by atoms with Gasteiger partial charge in [-0.3, -0.25) is 4.79 Å². The molecule has 0 radical (unpaired) electrons. The van der Waals surface area contributed by atoms with Crippen molar-refractivity contribution in [2.75, 3.05) is 0 Å². The van der Waals surface area contributed by atoms with Crippen molar-refractivity contribution in [2.45, 2.75) is 13.5 Å². The minimum Gasteiger partial charge on any atom is -0.454 e. The van der Waals surface area contributed by atoms with Crippen molar-refractivity contribution < 1.29 is 14.1 Å². The lowest BCUT2D eigenvalue weighted by molar-refractivity contribution is -0.390. The Balaban J connectivity index is 1.58. The van der Waals surface area contributed by atoms with Crippen LogP contribution < -0.4 is 5.43 Å². The third kappa shape index (κ3) is 5.48. The Morgan fingerprint density at radius 3 is 2.79 bits per heavy atom. The summed E-state index contributed by atoms with van der Waals surface area (Å²) in [7, 11) is 0. The normalized spacial score (nSPS) is 11.7. The Hall–Kier alpha value is -3.53. The molecule has 0 aliphatic carbocycles. The number of nitrogens with zero attached hydrogens (tertiary/aromatic N) is 4. The molecule has 1 amide bonds. The van der Waals surface area contributed by atoms with E-state index in [1.165, 1.54) is 23.2 Å². The molecule has 9 nitrogen and oxygen atoms in total. The molecule has 148 valence electrons. The number of aromatic nitrogens is 2. The van der Waals surface area contributed by atoms with Gasteiger partial charge in [0.2, 0.25) is 0 Å². The van der Waals surface area contributed by atoms with E-state index in [9.17, 15) is 14.9 Å². The van der Waals surface area contributed by atoms with E-state index in [0.29, 0.717) is 5.76 Å². The van der Waals surface area contributed by atoms with E-state index in [-0.39, 0.29) is 22.6 Å². The number of furan rings is 1. The summed E-state index contributed by atoms with van der Waals surface area (Å²) in [5.41, 5.74) is 4.29. The lowest BCUT2D eigenvalue weighted by atomic mass is 10.1. The summed E-state index contributed by atoms with van der Waals surface area (Å²) in [6, 6.07) is 12.8. The smallest absolute Gasteiger partial charge is 0.404 e. The maximum atomic E-state index is 12.1. The largest absolute Gasteiger partial charge is 0.454 e. The molecule has 0 saturated heterocycles. The van der Waals surface area contributed by atoms with Crippen LogP contribution in [0, 0.1) is 10.1 Å². The van der Waals surface area contributed by atoms with E-state index in [1.807, 2.05) is 43.3 Å². The van der Waals surface area contributed by atoms with Gasteiger partial charge in [0.15, 0.2) is 5.76 Å². The van der Waals surface area contributed by atoms with E-state index in [1.54, 1.807) is 6.07 Å². The topological polar surface area (TPSA) is 116 Å². The molecule has 0 spiro atoms. The van der Waals surface area contributed by atoms with Gasteiger partial charge in [0.05, 0.1) is 17.5 Å². The minimum absolute atomic E-state index is 0.0718. The van der Waals surface area contributed by atoms with Crippen LogP contribution in [0.3, 0.4) is 0 Å². The summed E-state index contributed by atoms with van der Waals surface area (Å²) in [5, 5.41) is 18.6. The van der Waals surface area contributed by atoms with Crippen molar-refractivity contribution in [3.63, 3.8) is 0 Å². The Kier molecular flexibility index (Phi) is 6.35. The number of carbonyl (C=O) groups excluding carboxylic acids is 1. The maximum absolute atomic E-state index is 12.1. The van der Waals surface area contributed by atoms with Gasteiger partial charge in [-0.05, 0) is 51.0 Å². The number of rotatable bonds is 7. The molecule has 0 atom stereocenters. The van der Waals surface area contributed by atoms with Crippen LogP contribution in [-0.4, -0.2) is 26.8 Å². The summed E-state index contributed by atoms with van der Waals surface area (Å²) in [6.45, 7) is 2.01. The number of amides is 1. The number of carbonyl (C=O) groups is 1. The number of hydrogen-bond acceptors (Lipinski definition) is 6. The first-order valence-corrected chi connectivity index (χ1v) is 9.24. The van der Waals surface area contributed by atoms with Crippen LogP contribution in [0.4, 0.5) is 5.82 Å². The Bertz CT molecular complexity index is 1090. The molecule has 0 bridgehead atoms. The number of hydrazone groups is 1. The van der Waals surface area contributed by atoms with Crippen LogP contribution in [-0.2, 0) is 6.54 Å². The SMILES string of the molecule is C/C(C=NNC(=O)c1ccc(Cn2cc(Br)c([N+](=O)[O-])n2)o1)=C\c1ccccc1. The van der Waals surface area contributed by atoms with Crippen molar-refractivity contribution >= 4 is 39.9 Å². The molecule has 0 aliphatic rings. The van der Waals surface area contributed by atoms with Gasteiger partial charge in [-0.15, -0.1) is 0 Å². The third-order valence-corrected chi connectivity index (χ3v) is 4.26. The quantitative estimate of drug-likeness (QED) is 0.326. The zero-order chi connectivity index (χ0) is 20.8. The highest BCUT2D eigenvalue weighted by Crippen LogP contribution is 2.22. The predicted molar refractivity (Wildman–Crippen MR) is 110 cm³/mol. The molecule has 1 aromatic carbocycles. The van der Waals surface area contributed by atoms with E-state index in [0.717, 1.165) is 11.1 Å². The second kappa shape index (κ2) is 9.11. The lowest BCUT2D eigenvalue weighted by Crippen LogP contribution is -2.16. The molecular formula is C19H16BrN5O4. The van der Waals surface area contributed by atoms with Crippen LogP contribution in [0.25, 0.3) is 6.08 Å². The van der Waals surface area contributed by atoms with Gasteiger partial charge in [-0.25, -0.2) is 5.43 Å². The van der Waals surface area contributed by atoms with Crippen LogP contribution in [0.1, 0.15) is 28.8 Å². The fourth-order valence-electron chi connectivity index (χ4n) is 2.43. The number of benzene rings is 1. The molecule has 29 heavy (non-hydrogen) atoms. The summed E-state index contributed by atoms with van der Waals surface area (Å²) < 4.78 is 7.08. The Morgan fingerprint density at radius 2 is 2.10 bits per heavy atom. The van der Waals surface area contributed by atoms with Gasteiger partial charge >= 0.3 is 11.7 Å². The molecule has 10 heteroatoms. The van der Waals surface area contributed by atoms with E-state index >= 15 is 0 Å². The van der Waals surface area contributed by atoms with Crippen molar-refractivity contribution in [1.29, 1.82) is 0 Å². The fraction of sp³-hybridized carbons (Fsp3) is 0.105. The number of hydrogen-bond donors (Lipinski definition) is 1. The summed E-state index contributed by atoms with van der Waals surface area (Å²) in [6.07, 6.45) is 4.93. The lowest BCUT2D eigenvalue weighted by Gasteiger charge is -1.97. The van der Waals surface area contributed by atoms with Crippen LogP contribution in [0.5, 0.6) is 0 Å². The van der Waals surface area contributed by atoms with Crippen molar-refractivity contribution in [3.05, 3.63) is 85.9 Å². The van der Waals surface area contributed by atoms with Gasteiger partial charge < -0.3 is 14.5 Å². The van der Waals surface area contributed by atoms with E-state index in [2.05, 4.69) is 31.6 Å². The Morgan fingerprint density at radius 1 is 1.34 bits per heavy atom. The number of halogens is 1. The van der Waals surface area contributed by atoms with Gasteiger partial charge in [0.25, 0.3) is 0 Å². The zero-order valence-corrected chi connectivity index (χ0v) is 16.9. The van der Waals surface area contributed by atoms with Crippen molar-refractivity contribution in [1.82, 2.24) is 15.2 Å². The number of allylic oxidation sites excluding steroid dienone is 1. The molecular weight excluding hydrogens is 442 g/mol. The third-order valence-electron chi connectivity index (χ3n) is 3.70. The molecule has 2 aromatic heterocycles. The summed E-state index contributed by atoms with van der Waals surface area (Å²) >= 11 is 3.08. The first kappa shape index (κ1) is 20.2. The highest BCUT2D eigenvalue weighted by atomic mass is 79.9. The molecule has 0 saturated carbocycles. The standard InChI is InChI=1S/C19H16BrN5O4/c1-13(9-14-5-3-2-4-6-14)10-21-22-19(26)17-8-7-15(29-17)11-24-12-16(20)18(23-24)25(27)28/h2-10,12H,11H2,1H3,(H,22,26)/b13-9+,21-10?. The molecule has 2 heterocycles. The molecule has 0 unspecified atom stereocenters. The summed E-state index contributed by atoms with van der Waals surface area (Å²) in [4.78, 5) is 22.4. The van der Waals surface area contributed by atoms with Crippen LogP contribution in [0.15, 0.2) is 68.2 Å². The number of nitro groups is 1. The monoisotopic (exact) mass is 457 g/mol. The first-order chi connectivity index (χ1) is 13.9. The van der Waals surface area contributed by atoms with Gasteiger partial charge in [0, 0.05) is 0 Å². The average molecular weight is 458 g/mol. The Labute approximate surface area is 174 Å². The second-order valence-corrected chi connectivity index (χ2v) is 6.87. The van der Waals surface area contributed by atoms with Crippen molar-refractivity contribution in [3.8, 4) is 0 Å². The molecule has 1 N–H and O–H groups in total. The average Bonchev–Trinajstić information content (AvgIpc) is 3.29. The van der Waals surface area contributed by atoms with Gasteiger partial charge in [-0.2, -0.15) is 9.78 Å². The first-order valence-electron chi connectivity index (χ1n) is 8.45. The summed E-state index contributed by atoms with van der Waals surface area (Å²) in [5.74, 6) is -0.304. The molecule has 0 aliphatic heterocycles. The van der Waals surface area contributed by atoms with E-state index < -0.39 is 10.8 Å². The highest BCUT2D eigenvalue weighted by molar-refractivity contribution is 9.10. The fourth-order valence-corrected chi connectivity index (χ4v) is 2.89. The minimum atomic E-state index is -0.589. The molecule has 0 fully saturated rings. The second-order valence-electron chi connectivity index (χ2n) is 6.02. The zero-order valence-electron chi connectivity index (χ0n) is 15.3.